The van der Waals surface area contributed by atoms with Crippen LogP contribution in [0.15, 0.2) is 24.3 Å². The van der Waals surface area contributed by atoms with Crippen molar-refractivity contribution in [1.82, 2.24) is 5.32 Å². The van der Waals surface area contributed by atoms with Crippen molar-refractivity contribution in [1.29, 1.82) is 0 Å². The van der Waals surface area contributed by atoms with Crippen molar-refractivity contribution in [3.8, 4) is 0 Å². The zero-order valence-electron chi connectivity index (χ0n) is 10.9. The van der Waals surface area contributed by atoms with Gasteiger partial charge in [0.15, 0.2) is 0 Å². The minimum absolute atomic E-state index is 0.0130. The van der Waals surface area contributed by atoms with E-state index in [1.807, 2.05) is 31.2 Å². The zero-order chi connectivity index (χ0) is 12.7. The van der Waals surface area contributed by atoms with Crippen LogP contribution in [0.2, 0.25) is 0 Å². The van der Waals surface area contributed by atoms with E-state index in [4.69, 9.17) is 0 Å². The molecule has 0 aliphatic rings. The first-order valence-electron chi connectivity index (χ1n) is 6.29. The third kappa shape index (κ3) is 4.47. The number of carbonyl (C=O) groups is 1. The van der Waals surface area contributed by atoms with Crippen LogP contribution in [0, 0.1) is 5.92 Å². The maximum Gasteiger partial charge on any atom is 0.251 e. The van der Waals surface area contributed by atoms with Crippen molar-refractivity contribution in [2.45, 2.75) is 27.2 Å². The lowest BCUT2D eigenvalue weighted by atomic mass is 10.1. The van der Waals surface area contributed by atoms with E-state index < -0.39 is 0 Å². The van der Waals surface area contributed by atoms with E-state index >= 15 is 0 Å². The number of nitrogens with one attached hydrogen (secondary N) is 2. The largest absolute Gasteiger partial charge is 0.385 e. The van der Waals surface area contributed by atoms with E-state index in [0.717, 1.165) is 12.2 Å². The number of benzene rings is 1. The Morgan fingerprint density at radius 3 is 2.41 bits per heavy atom. The Bertz CT molecular complexity index is 346. The molecule has 0 aliphatic heterocycles. The molecule has 0 bridgehead atoms. The first-order chi connectivity index (χ1) is 8.17. The topological polar surface area (TPSA) is 41.1 Å². The third-order valence-corrected chi connectivity index (χ3v) is 2.84. The lowest BCUT2D eigenvalue weighted by Gasteiger charge is -2.11. The van der Waals surface area contributed by atoms with Crippen LogP contribution in [0.25, 0.3) is 0 Å². The van der Waals surface area contributed by atoms with Crippen molar-refractivity contribution in [2.75, 3.05) is 18.4 Å². The SMILES string of the molecule is CCNC(=O)c1ccc(NCC(C)CC)cc1. The molecule has 0 radical (unpaired) electrons. The maximum absolute atomic E-state index is 11.5. The summed E-state index contributed by atoms with van der Waals surface area (Å²) in [4.78, 5) is 11.5. The molecule has 0 fully saturated rings. The van der Waals surface area contributed by atoms with E-state index in [1.54, 1.807) is 0 Å². The quantitative estimate of drug-likeness (QED) is 0.794. The number of anilines is 1. The van der Waals surface area contributed by atoms with Crippen molar-refractivity contribution < 1.29 is 4.79 Å². The molecule has 0 saturated heterocycles. The molecular formula is C14H22N2O. The molecule has 1 atom stereocenters. The fourth-order valence-electron chi connectivity index (χ4n) is 1.44. The normalized spacial score (nSPS) is 11.9. The second-order valence-electron chi connectivity index (χ2n) is 4.33. The summed E-state index contributed by atoms with van der Waals surface area (Å²) in [5.41, 5.74) is 1.78. The Morgan fingerprint density at radius 1 is 1.24 bits per heavy atom. The van der Waals surface area contributed by atoms with Gasteiger partial charge >= 0.3 is 0 Å². The molecule has 0 heterocycles. The van der Waals surface area contributed by atoms with Crippen LogP contribution in [0.5, 0.6) is 0 Å². The minimum atomic E-state index is -0.0130. The van der Waals surface area contributed by atoms with Gasteiger partial charge in [-0.15, -0.1) is 0 Å². The van der Waals surface area contributed by atoms with Gasteiger partial charge in [-0.1, -0.05) is 20.3 Å². The van der Waals surface area contributed by atoms with Gasteiger partial charge in [0.05, 0.1) is 0 Å². The molecule has 1 aromatic carbocycles. The summed E-state index contributed by atoms with van der Waals surface area (Å²) in [6.07, 6.45) is 1.17. The first-order valence-corrected chi connectivity index (χ1v) is 6.29. The van der Waals surface area contributed by atoms with Gasteiger partial charge in [-0.25, -0.2) is 0 Å². The van der Waals surface area contributed by atoms with Crippen LogP contribution in [-0.2, 0) is 0 Å². The summed E-state index contributed by atoms with van der Waals surface area (Å²) >= 11 is 0. The fourth-order valence-corrected chi connectivity index (χ4v) is 1.44. The van der Waals surface area contributed by atoms with Gasteiger partial charge in [0.2, 0.25) is 0 Å². The van der Waals surface area contributed by atoms with Crippen LogP contribution in [-0.4, -0.2) is 19.0 Å². The van der Waals surface area contributed by atoms with Gasteiger partial charge in [0, 0.05) is 24.3 Å². The average Bonchev–Trinajstić information content (AvgIpc) is 2.36. The third-order valence-electron chi connectivity index (χ3n) is 2.84. The van der Waals surface area contributed by atoms with Crippen molar-refractivity contribution in [3.05, 3.63) is 29.8 Å². The summed E-state index contributed by atoms with van der Waals surface area (Å²) in [5, 5.41) is 6.14. The number of hydrogen-bond donors (Lipinski definition) is 2. The van der Waals surface area contributed by atoms with Crippen molar-refractivity contribution in [3.63, 3.8) is 0 Å². The Kier molecular flexibility index (Phi) is 5.53. The Labute approximate surface area is 104 Å². The van der Waals surface area contributed by atoms with E-state index in [2.05, 4.69) is 24.5 Å². The van der Waals surface area contributed by atoms with Crippen LogP contribution in [0.1, 0.15) is 37.6 Å². The smallest absolute Gasteiger partial charge is 0.251 e. The molecule has 1 unspecified atom stereocenters. The molecule has 0 aliphatic carbocycles. The molecule has 94 valence electrons. The van der Waals surface area contributed by atoms with Gasteiger partial charge in [0.25, 0.3) is 5.91 Å². The second kappa shape index (κ2) is 6.94. The van der Waals surface area contributed by atoms with E-state index in [1.165, 1.54) is 6.42 Å². The second-order valence-corrected chi connectivity index (χ2v) is 4.33. The number of amides is 1. The zero-order valence-corrected chi connectivity index (χ0v) is 10.9. The standard InChI is InChI=1S/C14H22N2O/c1-4-11(3)10-16-13-8-6-12(7-9-13)14(17)15-5-2/h6-9,11,16H,4-5,10H2,1-3H3,(H,15,17). The van der Waals surface area contributed by atoms with Crippen LogP contribution < -0.4 is 10.6 Å². The average molecular weight is 234 g/mol. The molecule has 0 aromatic heterocycles. The molecule has 1 rings (SSSR count). The maximum atomic E-state index is 11.5. The van der Waals surface area contributed by atoms with E-state index in [9.17, 15) is 4.79 Å². The highest BCUT2D eigenvalue weighted by molar-refractivity contribution is 5.94. The van der Waals surface area contributed by atoms with E-state index in [0.29, 0.717) is 18.0 Å². The summed E-state index contributed by atoms with van der Waals surface area (Å²) in [6, 6.07) is 7.60. The lowest BCUT2D eigenvalue weighted by molar-refractivity contribution is 0.0956. The van der Waals surface area contributed by atoms with Gasteiger partial charge < -0.3 is 10.6 Å². The predicted octanol–water partition coefficient (Wildman–Crippen LogP) is 2.89. The Morgan fingerprint density at radius 2 is 1.88 bits per heavy atom. The molecule has 3 heteroatoms. The minimum Gasteiger partial charge on any atom is -0.385 e. The molecule has 0 saturated carbocycles. The lowest BCUT2D eigenvalue weighted by Crippen LogP contribution is -2.22. The Hall–Kier alpha value is -1.51. The number of carbonyl (C=O) groups excluding carboxylic acids is 1. The Balaban J connectivity index is 2.53. The monoisotopic (exact) mass is 234 g/mol. The van der Waals surface area contributed by atoms with Gasteiger partial charge in [-0.3, -0.25) is 4.79 Å². The summed E-state index contributed by atoms with van der Waals surface area (Å²) in [5.74, 6) is 0.652. The van der Waals surface area contributed by atoms with Crippen molar-refractivity contribution in [2.24, 2.45) is 5.92 Å². The highest BCUT2D eigenvalue weighted by Gasteiger charge is 2.03. The molecule has 3 nitrogen and oxygen atoms in total. The van der Waals surface area contributed by atoms with Gasteiger partial charge in [-0.2, -0.15) is 0 Å². The highest BCUT2D eigenvalue weighted by Crippen LogP contribution is 2.11. The van der Waals surface area contributed by atoms with Crippen molar-refractivity contribution >= 4 is 11.6 Å². The molecule has 17 heavy (non-hydrogen) atoms. The molecule has 0 spiro atoms. The fraction of sp³-hybridized carbons (Fsp3) is 0.500. The molecular weight excluding hydrogens is 212 g/mol. The van der Waals surface area contributed by atoms with Crippen LogP contribution >= 0.6 is 0 Å². The molecule has 1 amide bonds. The number of hydrogen-bond acceptors (Lipinski definition) is 2. The predicted molar refractivity (Wildman–Crippen MR) is 72.4 cm³/mol. The first kappa shape index (κ1) is 13.6. The van der Waals surface area contributed by atoms with E-state index in [-0.39, 0.29) is 5.91 Å². The summed E-state index contributed by atoms with van der Waals surface area (Å²) in [7, 11) is 0. The highest BCUT2D eigenvalue weighted by atomic mass is 16.1. The van der Waals surface area contributed by atoms with Gasteiger partial charge in [0.1, 0.15) is 0 Å². The molecule has 2 N–H and O–H groups in total. The van der Waals surface area contributed by atoms with Gasteiger partial charge in [-0.05, 0) is 37.1 Å². The summed E-state index contributed by atoms with van der Waals surface area (Å²) < 4.78 is 0. The summed E-state index contributed by atoms with van der Waals surface area (Å²) in [6.45, 7) is 7.95. The van der Waals surface area contributed by atoms with Crippen LogP contribution in [0.4, 0.5) is 5.69 Å². The van der Waals surface area contributed by atoms with Crippen LogP contribution in [0.3, 0.4) is 0 Å². The number of rotatable bonds is 6. The molecule has 1 aromatic rings.